The van der Waals surface area contributed by atoms with Crippen molar-refractivity contribution < 1.29 is 9.90 Å². The first-order chi connectivity index (χ1) is 6.06. The van der Waals surface area contributed by atoms with Gasteiger partial charge in [-0.05, 0) is 30.1 Å². The maximum absolute atomic E-state index is 10.6. The summed E-state index contributed by atoms with van der Waals surface area (Å²) in [4.78, 5) is 10.6. The van der Waals surface area contributed by atoms with E-state index in [9.17, 15) is 4.79 Å². The van der Waals surface area contributed by atoms with Crippen molar-refractivity contribution in [3.63, 3.8) is 0 Å². The summed E-state index contributed by atoms with van der Waals surface area (Å²) in [6.07, 6.45) is 3.26. The van der Waals surface area contributed by atoms with Crippen LogP contribution < -0.4 is 0 Å². The highest BCUT2D eigenvalue weighted by molar-refractivity contribution is 5.67. The average molecular weight is 182 g/mol. The molecular weight excluding hydrogens is 164 g/mol. The molecule has 0 heterocycles. The van der Waals surface area contributed by atoms with Crippen LogP contribution in [0.3, 0.4) is 0 Å². The molecule has 0 aliphatic heterocycles. The highest BCUT2D eigenvalue weighted by Gasteiger charge is 2.37. The minimum absolute atomic E-state index is 0.297. The molecule has 1 fully saturated rings. The SMILES string of the molecule is C=C[C@H]1[C@@H](CC(=O)O)CC(C)[C@@H]1C. The van der Waals surface area contributed by atoms with Crippen molar-refractivity contribution in [2.24, 2.45) is 23.7 Å². The first kappa shape index (κ1) is 10.3. The molecule has 1 rings (SSSR count). The molecule has 0 radical (unpaired) electrons. The van der Waals surface area contributed by atoms with Crippen LogP contribution in [0, 0.1) is 23.7 Å². The minimum Gasteiger partial charge on any atom is -0.481 e. The van der Waals surface area contributed by atoms with Crippen LogP contribution in [0.15, 0.2) is 12.7 Å². The number of hydrogen-bond acceptors (Lipinski definition) is 1. The van der Waals surface area contributed by atoms with Gasteiger partial charge >= 0.3 is 5.97 Å². The van der Waals surface area contributed by atoms with Crippen molar-refractivity contribution >= 4 is 5.97 Å². The van der Waals surface area contributed by atoms with Crippen molar-refractivity contribution in [1.82, 2.24) is 0 Å². The summed E-state index contributed by atoms with van der Waals surface area (Å²) < 4.78 is 0. The van der Waals surface area contributed by atoms with Crippen molar-refractivity contribution in [2.45, 2.75) is 26.7 Å². The lowest BCUT2D eigenvalue weighted by molar-refractivity contribution is -0.138. The van der Waals surface area contributed by atoms with Gasteiger partial charge in [0.05, 0.1) is 0 Å². The summed E-state index contributed by atoms with van der Waals surface area (Å²) in [6, 6.07) is 0. The Labute approximate surface area is 79.6 Å². The molecule has 1 aliphatic rings. The molecule has 0 aromatic rings. The van der Waals surface area contributed by atoms with Crippen LogP contribution in [0.25, 0.3) is 0 Å². The molecule has 74 valence electrons. The van der Waals surface area contributed by atoms with Crippen LogP contribution in [0.5, 0.6) is 0 Å². The maximum atomic E-state index is 10.6. The van der Waals surface area contributed by atoms with Crippen LogP contribution in [-0.4, -0.2) is 11.1 Å². The summed E-state index contributed by atoms with van der Waals surface area (Å²) in [5, 5.41) is 8.73. The third-order valence-electron chi connectivity index (χ3n) is 3.43. The van der Waals surface area contributed by atoms with Crippen LogP contribution in [0.4, 0.5) is 0 Å². The highest BCUT2D eigenvalue weighted by atomic mass is 16.4. The van der Waals surface area contributed by atoms with E-state index in [-0.39, 0.29) is 0 Å². The number of carboxylic acid groups (broad SMARTS) is 1. The molecular formula is C11H18O2. The Morgan fingerprint density at radius 1 is 1.62 bits per heavy atom. The summed E-state index contributed by atoms with van der Waals surface area (Å²) >= 11 is 0. The quantitative estimate of drug-likeness (QED) is 0.681. The zero-order chi connectivity index (χ0) is 10.0. The van der Waals surface area contributed by atoms with E-state index >= 15 is 0 Å². The Hall–Kier alpha value is -0.790. The van der Waals surface area contributed by atoms with Gasteiger partial charge in [0.1, 0.15) is 0 Å². The second-order valence-electron chi connectivity index (χ2n) is 4.24. The van der Waals surface area contributed by atoms with E-state index in [1.807, 2.05) is 6.08 Å². The fourth-order valence-electron chi connectivity index (χ4n) is 2.51. The minimum atomic E-state index is -0.682. The van der Waals surface area contributed by atoms with E-state index in [0.717, 1.165) is 6.42 Å². The molecule has 1 saturated carbocycles. The number of rotatable bonds is 3. The fourth-order valence-corrected chi connectivity index (χ4v) is 2.51. The topological polar surface area (TPSA) is 37.3 Å². The summed E-state index contributed by atoms with van der Waals surface area (Å²) in [5.74, 6) is 1.23. The summed E-state index contributed by atoms with van der Waals surface area (Å²) in [7, 11) is 0. The van der Waals surface area contributed by atoms with E-state index in [1.54, 1.807) is 0 Å². The Kier molecular flexibility index (Phi) is 3.12. The first-order valence-electron chi connectivity index (χ1n) is 4.90. The molecule has 2 heteroatoms. The third kappa shape index (κ3) is 2.11. The maximum Gasteiger partial charge on any atom is 0.303 e. The van der Waals surface area contributed by atoms with Crippen molar-refractivity contribution in [3.8, 4) is 0 Å². The second-order valence-corrected chi connectivity index (χ2v) is 4.24. The molecule has 1 unspecified atom stereocenters. The molecule has 0 aromatic carbocycles. The monoisotopic (exact) mass is 182 g/mol. The van der Waals surface area contributed by atoms with Gasteiger partial charge in [0.2, 0.25) is 0 Å². The average Bonchev–Trinajstić information content (AvgIpc) is 2.27. The molecule has 2 nitrogen and oxygen atoms in total. The van der Waals surface area contributed by atoms with Crippen molar-refractivity contribution in [2.75, 3.05) is 0 Å². The predicted octanol–water partition coefficient (Wildman–Crippen LogP) is 2.56. The van der Waals surface area contributed by atoms with Gasteiger partial charge in [-0.25, -0.2) is 0 Å². The Balaban J connectivity index is 2.64. The van der Waals surface area contributed by atoms with Gasteiger partial charge in [0, 0.05) is 6.42 Å². The van der Waals surface area contributed by atoms with Crippen LogP contribution in [0.1, 0.15) is 26.7 Å². The van der Waals surface area contributed by atoms with Crippen LogP contribution in [-0.2, 0) is 4.79 Å². The molecule has 1 aliphatic carbocycles. The lowest BCUT2D eigenvalue weighted by Crippen LogP contribution is -2.14. The summed E-state index contributed by atoms with van der Waals surface area (Å²) in [5.41, 5.74) is 0. The number of carbonyl (C=O) groups is 1. The van der Waals surface area contributed by atoms with Gasteiger partial charge in [-0.1, -0.05) is 19.9 Å². The fraction of sp³-hybridized carbons (Fsp3) is 0.727. The lowest BCUT2D eigenvalue weighted by Gasteiger charge is -2.17. The highest BCUT2D eigenvalue weighted by Crippen LogP contribution is 2.43. The van der Waals surface area contributed by atoms with Gasteiger partial charge < -0.3 is 5.11 Å². The molecule has 0 aromatic heterocycles. The van der Waals surface area contributed by atoms with Gasteiger partial charge in [-0.3, -0.25) is 4.79 Å². The number of carboxylic acids is 1. The van der Waals surface area contributed by atoms with Gasteiger partial charge in [-0.2, -0.15) is 0 Å². The molecule has 13 heavy (non-hydrogen) atoms. The largest absolute Gasteiger partial charge is 0.481 e. The van der Waals surface area contributed by atoms with Crippen LogP contribution in [0.2, 0.25) is 0 Å². The number of allylic oxidation sites excluding steroid dienone is 1. The molecule has 0 saturated heterocycles. The molecule has 0 bridgehead atoms. The van der Waals surface area contributed by atoms with Gasteiger partial charge in [-0.15, -0.1) is 6.58 Å². The molecule has 4 atom stereocenters. The Bertz CT molecular complexity index is 210. The van der Waals surface area contributed by atoms with Crippen LogP contribution >= 0.6 is 0 Å². The van der Waals surface area contributed by atoms with E-state index in [2.05, 4.69) is 20.4 Å². The van der Waals surface area contributed by atoms with Crippen molar-refractivity contribution in [3.05, 3.63) is 12.7 Å². The van der Waals surface area contributed by atoms with E-state index in [1.165, 1.54) is 0 Å². The number of aliphatic carboxylic acids is 1. The zero-order valence-corrected chi connectivity index (χ0v) is 8.36. The van der Waals surface area contributed by atoms with Gasteiger partial charge in [0.15, 0.2) is 0 Å². The smallest absolute Gasteiger partial charge is 0.303 e. The molecule has 0 amide bonds. The normalized spacial score (nSPS) is 38.9. The first-order valence-corrected chi connectivity index (χ1v) is 4.90. The Morgan fingerprint density at radius 2 is 2.23 bits per heavy atom. The molecule has 0 spiro atoms. The second kappa shape index (κ2) is 3.95. The molecule has 1 N–H and O–H groups in total. The zero-order valence-electron chi connectivity index (χ0n) is 8.36. The standard InChI is InChI=1S/C11H18O2/c1-4-10-8(3)7(2)5-9(10)6-11(12)13/h4,7-10H,1,5-6H2,2-3H3,(H,12,13)/t7?,8-,9+,10+/m0/s1. The predicted molar refractivity (Wildman–Crippen MR) is 52.4 cm³/mol. The van der Waals surface area contributed by atoms with E-state index in [4.69, 9.17) is 5.11 Å². The summed E-state index contributed by atoms with van der Waals surface area (Å²) in [6.45, 7) is 8.18. The Morgan fingerprint density at radius 3 is 2.69 bits per heavy atom. The van der Waals surface area contributed by atoms with E-state index in [0.29, 0.717) is 30.1 Å². The van der Waals surface area contributed by atoms with E-state index < -0.39 is 5.97 Å². The van der Waals surface area contributed by atoms with Crippen molar-refractivity contribution in [1.29, 1.82) is 0 Å². The number of hydrogen-bond donors (Lipinski definition) is 1. The van der Waals surface area contributed by atoms with Gasteiger partial charge in [0.25, 0.3) is 0 Å². The lowest BCUT2D eigenvalue weighted by atomic mass is 9.87. The third-order valence-corrected chi connectivity index (χ3v) is 3.43.